The van der Waals surface area contributed by atoms with Crippen LogP contribution in [0, 0.1) is 5.82 Å². The number of halogens is 1. The molecule has 140 valence electrons. The summed E-state index contributed by atoms with van der Waals surface area (Å²) in [7, 11) is -3.88. The van der Waals surface area contributed by atoms with Gasteiger partial charge in [-0.05, 0) is 42.1 Å². The second-order valence-corrected chi connectivity index (χ2v) is 8.58. The van der Waals surface area contributed by atoms with Gasteiger partial charge in [0.15, 0.2) is 9.84 Å². The van der Waals surface area contributed by atoms with Crippen molar-refractivity contribution < 1.29 is 22.4 Å². The number of rotatable bonds is 7. The highest BCUT2D eigenvalue weighted by molar-refractivity contribution is 7.91. The lowest BCUT2D eigenvalue weighted by Crippen LogP contribution is -2.42. The largest absolute Gasteiger partial charge is 0.348 e. The van der Waals surface area contributed by atoms with Gasteiger partial charge in [-0.1, -0.05) is 13.0 Å². The summed E-state index contributed by atoms with van der Waals surface area (Å²) in [6, 6.07) is 7.83. The Bertz CT molecular complexity index is 849. The van der Waals surface area contributed by atoms with Crippen LogP contribution in [0.5, 0.6) is 0 Å². The molecule has 1 aromatic heterocycles. The van der Waals surface area contributed by atoms with Crippen LogP contribution >= 0.6 is 11.3 Å². The van der Waals surface area contributed by atoms with E-state index < -0.39 is 32.7 Å². The third kappa shape index (κ3) is 4.89. The van der Waals surface area contributed by atoms with Gasteiger partial charge in [0.05, 0.1) is 4.90 Å². The van der Waals surface area contributed by atoms with Gasteiger partial charge in [0.1, 0.15) is 11.1 Å². The molecule has 1 atom stereocenters. The highest BCUT2D eigenvalue weighted by atomic mass is 32.2. The van der Waals surface area contributed by atoms with E-state index in [1.807, 2.05) is 6.92 Å². The normalized spacial score (nSPS) is 12.4. The minimum atomic E-state index is -3.88. The predicted octanol–water partition coefficient (Wildman–Crippen LogP) is 2.04. The third-order valence-corrected chi connectivity index (χ3v) is 6.80. The van der Waals surface area contributed by atoms with Crippen LogP contribution in [0.15, 0.2) is 46.7 Å². The number of hydrogen-bond acceptors (Lipinski definition) is 5. The van der Waals surface area contributed by atoms with Crippen LogP contribution in [0.4, 0.5) is 4.39 Å². The summed E-state index contributed by atoms with van der Waals surface area (Å²) in [6.07, 6.45) is 0.676. The van der Waals surface area contributed by atoms with Gasteiger partial charge < -0.3 is 10.6 Å². The first-order valence-electron chi connectivity index (χ1n) is 7.95. The Kier molecular flexibility index (Phi) is 6.87. The van der Waals surface area contributed by atoms with Crippen molar-refractivity contribution in [3.05, 3.63) is 52.5 Å². The number of carbonyl (C=O) groups is 2. The Morgan fingerprint density at radius 1 is 1.12 bits per heavy atom. The highest BCUT2D eigenvalue weighted by Gasteiger charge is 2.31. The van der Waals surface area contributed by atoms with Gasteiger partial charge in [-0.15, -0.1) is 11.3 Å². The molecule has 1 heterocycles. The number of benzene rings is 1. The van der Waals surface area contributed by atoms with Crippen LogP contribution in [0.1, 0.15) is 23.5 Å². The zero-order valence-corrected chi connectivity index (χ0v) is 15.7. The van der Waals surface area contributed by atoms with Crippen molar-refractivity contribution in [3.8, 4) is 0 Å². The lowest BCUT2D eigenvalue weighted by molar-refractivity contribution is -0.139. The standard InChI is InChI=1S/C17H19FN2O4S2/c1-2-9-19-16(21)17(22)20-11-15(14-4-3-10-25-14)26(23,24)13-7-5-12(18)6-8-13/h3-8,10,15H,2,9,11H2,1H3,(H,19,21)(H,20,22)/t15-/m1/s1. The summed E-state index contributed by atoms with van der Waals surface area (Å²) in [4.78, 5) is 24.0. The first-order chi connectivity index (χ1) is 12.4. The van der Waals surface area contributed by atoms with Gasteiger partial charge in [0, 0.05) is 18.0 Å². The number of carbonyl (C=O) groups excluding carboxylic acids is 2. The van der Waals surface area contributed by atoms with E-state index in [1.54, 1.807) is 17.5 Å². The van der Waals surface area contributed by atoms with Crippen molar-refractivity contribution in [2.45, 2.75) is 23.5 Å². The molecule has 0 saturated carbocycles. The molecule has 2 N–H and O–H groups in total. The SMILES string of the molecule is CCCNC(=O)C(=O)NC[C@H](c1cccs1)S(=O)(=O)c1ccc(F)cc1. The number of sulfone groups is 1. The molecule has 0 unspecified atom stereocenters. The van der Waals surface area contributed by atoms with Gasteiger partial charge in [-0.2, -0.15) is 0 Å². The minimum absolute atomic E-state index is 0.0537. The van der Waals surface area contributed by atoms with Gasteiger partial charge in [-0.25, -0.2) is 12.8 Å². The zero-order chi connectivity index (χ0) is 19.2. The van der Waals surface area contributed by atoms with Crippen molar-refractivity contribution in [3.63, 3.8) is 0 Å². The monoisotopic (exact) mass is 398 g/mol. The average Bonchev–Trinajstić information content (AvgIpc) is 3.14. The molecule has 0 bridgehead atoms. The molecule has 0 aliphatic heterocycles. The van der Waals surface area contributed by atoms with Crippen LogP contribution in [0.2, 0.25) is 0 Å². The maximum absolute atomic E-state index is 13.1. The fraction of sp³-hybridized carbons (Fsp3) is 0.294. The quantitative estimate of drug-likeness (QED) is 0.551. The van der Waals surface area contributed by atoms with Gasteiger partial charge in [-0.3, -0.25) is 9.59 Å². The maximum atomic E-state index is 13.1. The predicted molar refractivity (Wildman–Crippen MR) is 97.0 cm³/mol. The van der Waals surface area contributed by atoms with E-state index in [2.05, 4.69) is 10.6 Å². The highest BCUT2D eigenvalue weighted by Crippen LogP contribution is 2.31. The second-order valence-electron chi connectivity index (χ2n) is 5.47. The van der Waals surface area contributed by atoms with Crippen LogP contribution in [0.25, 0.3) is 0 Å². The van der Waals surface area contributed by atoms with Crippen molar-refractivity contribution in [2.24, 2.45) is 0 Å². The van der Waals surface area contributed by atoms with Crippen LogP contribution < -0.4 is 10.6 Å². The van der Waals surface area contributed by atoms with Crippen molar-refractivity contribution in [1.29, 1.82) is 0 Å². The van der Waals surface area contributed by atoms with Crippen LogP contribution in [0.3, 0.4) is 0 Å². The Labute approximate surface area is 155 Å². The first kappa shape index (κ1) is 20.1. The number of thiophene rings is 1. The molecule has 2 rings (SSSR count). The second kappa shape index (κ2) is 8.91. The van der Waals surface area contributed by atoms with E-state index in [4.69, 9.17) is 0 Å². The Balaban J connectivity index is 2.21. The fourth-order valence-electron chi connectivity index (χ4n) is 2.21. The molecular weight excluding hydrogens is 379 g/mol. The fourth-order valence-corrected chi connectivity index (χ4v) is 5.00. The van der Waals surface area contributed by atoms with Gasteiger partial charge in [0.2, 0.25) is 0 Å². The smallest absolute Gasteiger partial charge is 0.309 e. The molecule has 6 nitrogen and oxygen atoms in total. The summed E-state index contributed by atoms with van der Waals surface area (Å²) < 4.78 is 39.0. The molecule has 0 spiro atoms. The van der Waals surface area contributed by atoms with Crippen molar-refractivity contribution >= 4 is 33.0 Å². The molecule has 1 aromatic carbocycles. The Morgan fingerprint density at radius 2 is 1.77 bits per heavy atom. The summed E-state index contributed by atoms with van der Waals surface area (Å²) in [5.41, 5.74) is 0. The number of amides is 2. The van der Waals surface area contributed by atoms with E-state index in [-0.39, 0.29) is 11.4 Å². The van der Waals surface area contributed by atoms with Gasteiger partial charge >= 0.3 is 11.8 Å². The molecule has 0 aliphatic rings. The number of hydrogen-bond donors (Lipinski definition) is 2. The molecule has 26 heavy (non-hydrogen) atoms. The van der Waals surface area contributed by atoms with Crippen LogP contribution in [-0.2, 0) is 19.4 Å². The van der Waals surface area contributed by atoms with Crippen molar-refractivity contribution in [1.82, 2.24) is 10.6 Å². The lowest BCUT2D eigenvalue weighted by Gasteiger charge is -2.17. The summed E-state index contributed by atoms with van der Waals surface area (Å²) in [6.45, 7) is 1.94. The zero-order valence-electron chi connectivity index (χ0n) is 14.1. The lowest BCUT2D eigenvalue weighted by atomic mass is 10.3. The van der Waals surface area contributed by atoms with E-state index in [0.29, 0.717) is 17.8 Å². The van der Waals surface area contributed by atoms with E-state index in [1.165, 1.54) is 23.5 Å². The molecule has 0 saturated heterocycles. The van der Waals surface area contributed by atoms with E-state index in [0.717, 1.165) is 12.1 Å². The Morgan fingerprint density at radius 3 is 2.35 bits per heavy atom. The first-order valence-corrected chi connectivity index (χ1v) is 10.4. The molecule has 9 heteroatoms. The molecule has 0 radical (unpaired) electrons. The summed E-state index contributed by atoms with van der Waals surface area (Å²) in [5.74, 6) is -2.25. The Hall–Kier alpha value is -2.26. The topological polar surface area (TPSA) is 92.3 Å². The molecular formula is C17H19FN2O4S2. The van der Waals surface area contributed by atoms with Gasteiger partial charge in [0.25, 0.3) is 0 Å². The number of nitrogens with one attached hydrogen (secondary N) is 2. The molecule has 0 fully saturated rings. The third-order valence-electron chi connectivity index (χ3n) is 3.57. The summed E-state index contributed by atoms with van der Waals surface area (Å²) in [5, 5.41) is 5.44. The minimum Gasteiger partial charge on any atom is -0.348 e. The van der Waals surface area contributed by atoms with E-state index >= 15 is 0 Å². The maximum Gasteiger partial charge on any atom is 0.309 e. The van der Waals surface area contributed by atoms with Crippen LogP contribution in [-0.4, -0.2) is 33.3 Å². The van der Waals surface area contributed by atoms with E-state index in [9.17, 15) is 22.4 Å². The molecule has 0 aliphatic carbocycles. The molecule has 2 amide bonds. The van der Waals surface area contributed by atoms with Crippen molar-refractivity contribution in [2.75, 3.05) is 13.1 Å². The molecule has 2 aromatic rings. The summed E-state index contributed by atoms with van der Waals surface area (Å²) >= 11 is 1.22. The average molecular weight is 398 g/mol.